The monoisotopic (exact) mass is 336 g/mol. The van der Waals surface area contributed by atoms with Gasteiger partial charge in [0.05, 0.1) is 5.56 Å². The van der Waals surface area contributed by atoms with E-state index < -0.39 is 39.9 Å². The van der Waals surface area contributed by atoms with Crippen LogP contribution in [0.2, 0.25) is 0 Å². The Kier molecular flexibility index (Phi) is 3.42. The summed E-state index contributed by atoms with van der Waals surface area (Å²) in [5, 5.41) is 16.1. The van der Waals surface area contributed by atoms with E-state index in [9.17, 15) is 22.7 Å². The molecule has 0 radical (unpaired) electrons. The molecule has 1 aliphatic heterocycles. The second-order valence-corrected chi connectivity index (χ2v) is 6.15. The fraction of sp³-hybridized carbons (Fsp3) is 0.0769. The maximum Gasteiger partial charge on any atom is 0.326 e. The molecule has 0 atom stereocenters. The highest BCUT2D eigenvalue weighted by molar-refractivity contribution is 7.92. The van der Waals surface area contributed by atoms with Gasteiger partial charge < -0.3 is 5.11 Å². The number of rotatable bonds is 1. The highest BCUT2D eigenvalue weighted by Crippen LogP contribution is 2.34. The van der Waals surface area contributed by atoms with Gasteiger partial charge in [0.1, 0.15) is 23.7 Å². The highest BCUT2D eigenvalue weighted by Gasteiger charge is 2.37. The van der Waals surface area contributed by atoms with Crippen molar-refractivity contribution in [1.82, 2.24) is 14.9 Å². The lowest BCUT2D eigenvalue weighted by molar-refractivity contribution is -0.117. The summed E-state index contributed by atoms with van der Waals surface area (Å²) in [5.74, 6) is 2.64. The number of hydrogen-bond donors (Lipinski definition) is 3. The standard InChI is InChI=1S/C13H9FN4O4S/c14-12-8(1-3-9-5-6-15-16-9)2-4-10(19)13(12)18-7-11(20)17-23(18,21)22/h2,4-6,19H,7H2,(H,15,16)(H,17,20). The summed E-state index contributed by atoms with van der Waals surface area (Å²) in [6, 6.07) is 3.88. The van der Waals surface area contributed by atoms with Crippen molar-refractivity contribution >= 4 is 21.8 Å². The molecule has 1 aliphatic rings. The Balaban J connectivity index is 2.08. The molecule has 2 heterocycles. The molecule has 1 aromatic heterocycles. The van der Waals surface area contributed by atoms with Gasteiger partial charge in [-0.1, -0.05) is 5.92 Å². The van der Waals surface area contributed by atoms with Crippen LogP contribution >= 0.6 is 0 Å². The minimum absolute atomic E-state index is 0.137. The molecule has 23 heavy (non-hydrogen) atoms. The third kappa shape index (κ3) is 2.69. The van der Waals surface area contributed by atoms with Gasteiger partial charge in [0.2, 0.25) is 0 Å². The van der Waals surface area contributed by atoms with Gasteiger partial charge in [0, 0.05) is 6.20 Å². The Hall–Kier alpha value is -3.06. The van der Waals surface area contributed by atoms with Crippen LogP contribution in [0.5, 0.6) is 5.75 Å². The summed E-state index contributed by atoms with van der Waals surface area (Å²) < 4.78 is 40.3. The molecule has 1 fully saturated rings. The van der Waals surface area contributed by atoms with Gasteiger partial charge in [-0.3, -0.25) is 9.89 Å². The summed E-state index contributed by atoms with van der Waals surface area (Å²) in [6.07, 6.45) is 1.47. The van der Waals surface area contributed by atoms with Gasteiger partial charge in [-0.2, -0.15) is 13.5 Å². The molecule has 118 valence electrons. The number of phenols is 1. The number of H-pyrrole nitrogens is 1. The second kappa shape index (κ2) is 5.29. The summed E-state index contributed by atoms with van der Waals surface area (Å²) >= 11 is 0. The smallest absolute Gasteiger partial charge is 0.326 e. The lowest BCUT2D eigenvalue weighted by Crippen LogP contribution is -2.30. The number of aromatic amines is 1. The normalized spacial score (nSPS) is 15.9. The Morgan fingerprint density at radius 3 is 2.70 bits per heavy atom. The quantitative estimate of drug-likeness (QED) is 0.626. The zero-order valence-electron chi connectivity index (χ0n) is 11.4. The van der Waals surface area contributed by atoms with E-state index in [1.807, 2.05) is 0 Å². The fourth-order valence-corrected chi connectivity index (χ4v) is 3.16. The van der Waals surface area contributed by atoms with E-state index in [1.165, 1.54) is 12.3 Å². The minimum Gasteiger partial charge on any atom is -0.506 e. The molecular formula is C13H9FN4O4S. The first-order chi connectivity index (χ1) is 10.9. The number of aromatic nitrogens is 2. The van der Waals surface area contributed by atoms with Crippen LogP contribution in [-0.4, -0.2) is 36.2 Å². The van der Waals surface area contributed by atoms with Crippen LogP contribution in [0.3, 0.4) is 0 Å². The Bertz CT molecular complexity index is 944. The van der Waals surface area contributed by atoms with Crippen molar-refractivity contribution in [3.8, 4) is 17.6 Å². The largest absolute Gasteiger partial charge is 0.506 e. The first-order valence-corrected chi connectivity index (χ1v) is 7.68. The molecule has 0 spiro atoms. The van der Waals surface area contributed by atoms with E-state index in [-0.39, 0.29) is 5.56 Å². The molecule has 3 rings (SSSR count). The SMILES string of the molecule is O=C1CN(c2c(O)ccc(C#Cc3ccn[nH]3)c2F)S(=O)(=O)N1. The molecule has 8 nitrogen and oxygen atoms in total. The minimum atomic E-state index is -4.24. The summed E-state index contributed by atoms with van der Waals surface area (Å²) in [7, 11) is -4.24. The lowest BCUT2D eigenvalue weighted by Gasteiger charge is -2.17. The van der Waals surface area contributed by atoms with Crippen LogP contribution in [-0.2, 0) is 15.0 Å². The van der Waals surface area contributed by atoms with Crippen molar-refractivity contribution in [1.29, 1.82) is 0 Å². The van der Waals surface area contributed by atoms with Crippen molar-refractivity contribution in [3.63, 3.8) is 0 Å². The van der Waals surface area contributed by atoms with E-state index in [4.69, 9.17) is 0 Å². The van der Waals surface area contributed by atoms with Crippen LogP contribution in [0.4, 0.5) is 10.1 Å². The number of hydrogen-bond acceptors (Lipinski definition) is 5. The Morgan fingerprint density at radius 1 is 1.30 bits per heavy atom. The number of anilines is 1. The van der Waals surface area contributed by atoms with Gasteiger partial charge >= 0.3 is 10.2 Å². The molecule has 2 aromatic rings. The van der Waals surface area contributed by atoms with Crippen LogP contribution in [0, 0.1) is 17.7 Å². The average molecular weight is 336 g/mol. The number of benzene rings is 1. The Morgan fingerprint density at radius 2 is 2.09 bits per heavy atom. The maximum atomic E-state index is 14.6. The van der Waals surface area contributed by atoms with Crippen LogP contribution < -0.4 is 9.03 Å². The maximum absolute atomic E-state index is 14.6. The fourth-order valence-electron chi connectivity index (χ4n) is 1.99. The van der Waals surface area contributed by atoms with E-state index in [1.54, 1.807) is 10.8 Å². The van der Waals surface area contributed by atoms with Gasteiger partial charge in [-0.05, 0) is 24.1 Å². The molecular weight excluding hydrogens is 327 g/mol. The first-order valence-electron chi connectivity index (χ1n) is 6.24. The Labute approximate surface area is 130 Å². The van der Waals surface area contributed by atoms with Gasteiger partial charge in [0.25, 0.3) is 5.91 Å². The third-order valence-electron chi connectivity index (χ3n) is 3.00. The number of amides is 1. The predicted octanol–water partition coefficient (Wildman–Crippen LogP) is -0.165. The number of carbonyl (C=O) groups is 1. The lowest BCUT2D eigenvalue weighted by atomic mass is 10.1. The number of nitrogens with zero attached hydrogens (tertiary/aromatic N) is 2. The second-order valence-electron chi connectivity index (χ2n) is 4.55. The zero-order valence-corrected chi connectivity index (χ0v) is 12.2. The number of aromatic hydroxyl groups is 1. The van der Waals surface area contributed by atoms with Crippen LogP contribution in [0.1, 0.15) is 11.3 Å². The molecule has 1 aromatic carbocycles. The molecule has 0 unspecified atom stereocenters. The number of halogens is 1. The number of carbonyl (C=O) groups excluding carboxylic acids is 1. The summed E-state index contributed by atoms with van der Waals surface area (Å²) in [6.45, 7) is -0.621. The molecule has 1 amide bonds. The number of nitrogens with one attached hydrogen (secondary N) is 2. The molecule has 0 saturated carbocycles. The van der Waals surface area contributed by atoms with Crippen molar-refractivity contribution < 1.29 is 22.7 Å². The summed E-state index contributed by atoms with van der Waals surface area (Å²) in [5.41, 5.74) is -0.327. The number of phenolic OH excluding ortho intramolecular Hbond substituents is 1. The molecule has 0 aliphatic carbocycles. The van der Waals surface area contributed by atoms with Crippen LogP contribution in [0.25, 0.3) is 0 Å². The van der Waals surface area contributed by atoms with Gasteiger partial charge in [-0.25, -0.2) is 13.4 Å². The average Bonchev–Trinajstić information content (AvgIpc) is 3.06. The van der Waals surface area contributed by atoms with Gasteiger partial charge in [-0.15, -0.1) is 0 Å². The molecule has 0 bridgehead atoms. The van der Waals surface area contributed by atoms with E-state index >= 15 is 0 Å². The highest BCUT2D eigenvalue weighted by atomic mass is 32.2. The van der Waals surface area contributed by atoms with E-state index in [2.05, 4.69) is 22.0 Å². The van der Waals surface area contributed by atoms with Crippen molar-refractivity contribution in [2.75, 3.05) is 10.8 Å². The molecule has 3 N–H and O–H groups in total. The topological polar surface area (TPSA) is 115 Å². The first kappa shape index (κ1) is 14.9. The van der Waals surface area contributed by atoms with E-state index in [0.717, 1.165) is 6.07 Å². The predicted molar refractivity (Wildman–Crippen MR) is 77.0 cm³/mol. The van der Waals surface area contributed by atoms with Crippen molar-refractivity contribution in [3.05, 3.63) is 41.5 Å². The third-order valence-corrected chi connectivity index (χ3v) is 4.37. The van der Waals surface area contributed by atoms with Crippen molar-refractivity contribution in [2.45, 2.75) is 0 Å². The zero-order chi connectivity index (χ0) is 16.6. The molecule has 1 saturated heterocycles. The van der Waals surface area contributed by atoms with Crippen LogP contribution in [0.15, 0.2) is 24.4 Å². The molecule has 10 heteroatoms. The van der Waals surface area contributed by atoms with Crippen molar-refractivity contribution in [2.24, 2.45) is 0 Å². The summed E-state index contributed by atoms with van der Waals surface area (Å²) in [4.78, 5) is 11.3. The van der Waals surface area contributed by atoms with Gasteiger partial charge in [0.15, 0.2) is 5.82 Å². The van der Waals surface area contributed by atoms with E-state index in [0.29, 0.717) is 10.00 Å².